The van der Waals surface area contributed by atoms with Crippen molar-refractivity contribution >= 4 is 0 Å². The fourth-order valence-corrected chi connectivity index (χ4v) is 2.16. The van der Waals surface area contributed by atoms with Gasteiger partial charge in [0.25, 0.3) is 0 Å². The molecule has 0 saturated carbocycles. The summed E-state index contributed by atoms with van der Waals surface area (Å²) < 4.78 is 45.4. The van der Waals surface area contributed by atoms with Crippen LogP contribution in [0.25, 0.3) is 0 Å². The Balaban J connectivity index is 2.35. The van der Waals surface area contributed by atoms with Gasteiger partial charge in [0, 0.05) is 5.56 Å². The summed E-state index contributed by atoms with van der Waals surface area (Å²) in [7, 11) is 1.52. The van der Waals surface area contributed by atoms with E-state index in [1.54, 1.807) is 24.3 Å². The first-order valence-corrected chi connectivity index (χ1v) is 6.30. The molecule has 0 amide bonds. The van der Waals surface area contributed by atoms with Gasteiger partial charge in [-0.3, -0.25) is 11.3 Å². The van der Waals surface area contributed by atoms with E-state index in [-0.39, 0.29) is 12.0 Å². The van der Waals surface area contributed by atoms with Crippen LogP contribution in [0.3, 0.4) is 0 Å². The van der Waals surface area contributed by atoms with Crippen LogP contribution < -0.4 is 16.0 Å². The molecule has 0 fully saturated rings. The molecule has 0 saturated heterocycles. The molecule has 2 aromatic rings. The van der Waals surface area contributed by atoms with Gasteiger partial charge < -0.3 is 4.74 Å². The van der Waals surface area contributed by atoms with Crippen molar-refractivity contribution in [2.24, 2.45) is 5.84 Å². The van der Waals surface area contributed by atoms with Crippen molar-refractivity contribution in [3.63, 3.8) is 0 Å². The summed E-state index contributed by atoms with van der Waals surface area (Å²) in [6.07, 6.45) is 0.266. The molecule has 112 valence electrons. The number of nitrogens with two attached hydrogens (primary N) is 1. The molecule has 1 atom stereocenters. The first-order valence-electron chi connectivity index (χ1n) is 6.30. The third-order valence-electron chi connectivity index (χ3n) is 3.26. The Morgan fingerprint density at radius 3 is 2.48 bits per heavy atom. The molecule has 3 N–H and O–H groups in total. The molecule has 0 aliphatic carbocycles. The Kier molecular flexibility index (Phi) is 4.82. The largest absolute Gasteiger partial charge is 0.496 e. The van der Waals surface area contributed by atoms with Gasteiger partial charge in [0.1, 0.15) is 5.75 Å². The van der Waals surface area contributed by atoms with E-state index in [0.717, 1.165) is 11.6 Å². The van der Waals surface area contributed by atoms with Crippen molar-refractivity contribution in [2.45, 2.75) is 12.5 Å². The molecule has 0 aromatic heterocycles. The average molecular weight is 296 g/mol. The third-order valence-corrected chi connectivity index (χ3v) is 3.26. The second-order valence-electron chi connectivity index (χ2n) is 4.50. The van der Waals surface area contributed by atoms with Gasteiger partial charge >= 0.3 is 0 Å². The predicted octanol–water partition coefficient (Wildman–Crippen LogP) is 2.86. The van der Waals surface area contributed by atoms with Crippen LogP contribution in [-0.2, 0) is 6.42 Å². The summed E-state index contributed by atoms with van der Waals surface area (Å²) >= 11 is 0. The summed E-state index contributed by atoms with van der Waals surface area (Å²) in [4.78, 5) is 0. The lowest BCUT2D eigenvalue weighted by Crippen LogP contribution is -2.30. The molecule has 6 heteroatoms. The number of hydrogen-bond donors (Lipinski definition) is 2. The molecule has 0 bridgehead atoms. The molecule has 3 nitrogen and oxygen atoms in total. The number of halogens is 3. The number of benzene rings is 2. The van der Waals surface area contributed by atoms with Crippen molar-refractivity contribution < 1.29 is 17.9 Å². The molecular weight excluding hydrogens is 281 g/mol. The lowest BCUT2D eigenvalue weighted by molar-refractivity contribution is 0.401. The van der Waals surface area contributed by atoms with E-state index in [4.69, 9.17) is 10.6 Å². The van der Waals surface area contributed by atoms with Crippen molar-refractivity contribution in [1.29, 1.82) is 0 Å². The summed E-state index contributed by atoms with van der Waals surface area (Å²) in [5.74, 6) is 2.06. The highest BCUT2D eigenvalue weighted by Gasteiger charge is 2.21. The zero-order valence-electron chi connectivity index (χ0n) is 11.4. The molecule has 2 rings (SSSR count). The Labute approximate surface area is 120 Å². The molecule has 2 aromatic carbocycles. The van der Waals surface area contributed by atoms with Crippen molar-refractivity contribution in [2.75, 3.05) is 7.11 Å². The van der Waals surface area contributed by atoms with Gasteiger partial charge in [0.05, 0.1) is 13.2 Å². The molecule has 0 aliphatic heterocycles. The van der Waals surface area contributed by atoms with Gasteiger partial charge in [-0.05, 0) is 24.1 Å². The second-order valence-corrected chi connectivity index (χ2v) is 4.50. The number of hydrogen-bond acceptors (Lipinski definition) is 3. The van der Waals surface area contributed by atoms with Crippen LogP contribution in [0.5, 0.6) is 5.75 Å². The number of hydrazine groups is 1. The van der Waals surface area contributed by atoms with Gasteiger partial charge in [0.2, 0.25) is 0 Å². The summed E-state index contributed by atoms with van der Waals surface area (Å²) in [5.41, 5.74) is 3.15. The normalized spacial score (nSPS) is 12.2. The zero-order chi connectivity index (χ0) is 15.4. The lowest BCUT2D eigenvalue weighted by atomic mass is 9.98. The van der Waals surface area contributed by atoms with E-state index in [1.165, 1.54) is 13.2 Å². The van der Waals surface area contributed by atoms with Gasteiger partial charge in [-0.25, -0.2) is 13.2 Å². The van der Waals surface area contributed by atoms with E-state index in [1.807, 2.05) is 0 Å². The molecule has 0 aliphatic rings. The molecule has 1 unspecified atom stereocenters. The summed E-state index contributed by atoms with van der Waals surface area (Å²) in [6.45, 7) is 0. The molecule has 0 heterocycles. The van der Waals surface area contributed by atoms with Crippen LogP contribution in [0.4, 0.5) is 13.2 Å². The van der Waals surface area contributed by atoms with Crippen LogP contribution in [0.15, 0.2) is 36.4 Å². The van der Waals surface area contributed by atoms with Crippen LogP contribution in [-0.4, -0.2) is 7.11 Å². The van der Waals surface area contributed by atoms with Gasteiger partial charge in [-0.2, -0.15) is 0 Å². The number of rotatable bonds is 5. The minimum Gasteiger partial charge on any atom is -0.496 e. The van der Waals surface area contributed by atoms with E-state index < -0.39 is 23.5 Å². The van der Waals surface area contributed by atoms with Crippen LogP contribution in [0, 0.1) is 17.5 Å². The maximum absolute atomic E-state index is 13.8. The molecule has 0 radical (unpaired) electrons. The molecular formula is C15H15F3N2O. The summed E-state index contributed by atoms with van der Waals surface area (Å²) in [5, 5.41) is 0. The number of nitrogens with one attached hydrogen (secondary N) is 1. The van der Waals surface area contributed by atoms with Crippen molar-refractivity contribution in [1.82, 2.24) is 5.43 Å². The topological polar surface area (TPSA) is 47.3 Å². The predicted molar refractivity (Wildman–Crippen MR) is 73.1 cm³/mol. The minimum atomic E-state index is -1.51. The molecule has 0 spiro atoms. The van der Waals surface area contributed by atoms with E-state index in [0.29, 0.717) is 5.75 Å². The standard InChI is InChI=1S/C15H15F3N2O/c1-21-13-5-3-2-4-9(13)8-12(20-19)10-6-7-11(16)15(18)14(10)17/h2-7,12,20H,8,19H2,1H3. The Morgan fingerprint density at radius 1 is 1.10 bits per heavy atom. The highest BCUT2D eigenvalue weighted by atomic mass is 19.2. The van der Waals surface area contributed by atoms with Gasteiger partial charge in [-0.1, -0.05) is 24.3 Å². The Bertz CT molecular complexity index is 634. The van der Waals surface area contributed by atoms with Crippen LogP contribution in [0.2, 0.25) is 0 Å². The van der Waals surface area contributed by atoms with Crippen LogP contribution in [0.1, 0.15) is 17.2 Å². The lowest BCUT2D eigenvalue weighted by Gasteiger charge is -2.19. The first-order chi connectivity index (χ1) is 10.1. The first kappa shape index (κ1) is 15.3. The number of ether oxygens (including phenoxy) is 1. The smallest absolute Gasteiger partial charge is 0.194 e. The Morgan fingerprint density at radius 2 is 1.81 bits per heavy atom. The van der Waals surface area contributed by atoms with E-state index in [9.17, 15) is 13.2 Å². The highest BCUT2D eigenvalue weighted by molar-refractivity contribution is 5.35. The monoisotopic (exact) mass is 296 g/mol. The van der Waals surface area contributed by atoms with E-state index in [2.05, 4.69) is 5.43 Å². The van der Waals surface area contributed by atoms with Crippen molar-refractivity contribution in [3.8, 4) is 5.75 Å². The highest BCUT2D eigenvalue weighted by Crippen LogP contribution is 2.27. The maximum atomic E-state index is 13.8. The SMILES string of the molecule is COc1ccccc1CC(NN)c1ccc(F)c(F)c1F. The van der Waals surface area contributed by atoms with Gasteiger partial charge in [-0.15, -0.1) is 0 Å². The average Bonchev–Trinajstić information content (AvgIpc) is 2.51. The summed E-state index contributed by atoms with van der Waals surface area (Å²) in [6, 6.07) is 8.48. The third kappa shape index (κ3) is 3.17. The van der Waals surface area contributed by atoms with Gasteiger partial charge in [0.15, 0.2) is 17.5 Å². The number of methoxy groups -OCH3 is 1. The van der Waals surface area contributed by atoms with Crippen LogP contribution >= 0.6 is 0 Å². The maximum Gasteiger partial charge on any atom is 0.194 e. The zero-order valence-corrected chi connectivity index (χ0v) is 11.4. The second kappa shape index (κ2) is 6.60. The quantitative estimate of drug-likeness (QED) is 0.507. The van der Waals surface area contributed by atoms with Crippen molar-refractivity contribution in [3.05, 3.63) is 65.0 Å². The fourth-order valence-electron chi connectivity index (χ4n) is 2.16. The number of para-hydroxylation sites is 1. The minimum absolute atomic E-state index is 0.0395. The van der Waals surface area contributed by atoms with E-state index >= 15 is 0 Å². The Hall–Kier alpha value is -2.05. The molecule has 21 heavy (non-hydrogen) atoms. The fraction of sp³-hybridized carbons (Fsp3) is 0.200.